The molecule has 0 radical (unpaired) electrons. The van der Waals surface area contributed by atoms with Crippen LogP contribution in [-0.4, -0.2) is 38.3 Å². The van der Waals surface area contributed by atoms with E-state index < -0.39 is 0 Å². The second-order valence-electron chi connectivity index (χ2n) is 9.24. The van der Waals surface area contributed by atoms with E-state index in [9.17, 15) is 9.18 Å². The third-order valence-corrected chi connectivity index (χ3v) is 7.42. The summed E-state index contributed by atoms with van der Waals surface area (Å²) in [7, 11) is 0. The van der Waals surface area contributed by atoms with E-state index in [1.54, 1.807) is 0 Å². The van der Waals surface area contributed by atoms with Crippen LogP contribution < -0.4 is 15.8 Å². The number of nitrogens with one attached hydrogen (secondary N) is 1. The average molecular weight is 417 g/mol. The summed E-state index contributed by atoms with van der Waals surface area (Å²) in [5, 5.41) is 3.34. The summed E-state index contributed by atoms with van der Waals surface area (Å²) in [4.78, 5) is 13.3. The van der Waals surface area contributed by atoms with Crippen LogP contribution in [0.5, 0.6) is 5.75 Å². The summed E-state index contributed by atoms with van der Waals surface area (Å²) in [6.45, 7) is 1.79. The summed E-state index contributed by atoms with van der Waals surface area (Å²) in [5.41, 5.74) is 7.04. The predicted octanol–water partition coefficient (Wildman–Crippen LogP) is 3.76. The molecule has 2 saturated carbocycles. The minimum Gasteiger partial charge on any atom is -0.489 e. The number of amides is 1. The molecule has 3 fully saturated rings. The van der Waals surface area contributed by atoms with Gasteiger partial charge in [-0.25, -0.2) is 4.39 Å². The molecule has 1 aromatic carbocycles. The van der Waals surface area contributed by atoms with Crippen LogP contribution in [0.2, 0.25) is 0 Å². The summed E-state index contributed by atoms with van der Waals surface area (Å²) < 4.78 is 23.7. The molecule has 1 aromatic rings. The Hall–Kier alpha value is -1.92. The SMILES string of the molecule is NC/C(=C\F)COc1ccc(C23CCC[C@](C(=O)NC4CCOCC4)(CC2)C3)cc1. The first-order valence-corrected chi connectivity index (χ1v) is 11.2. The van der Waals surface area contributed by atoms with Gasteiger partial charge in [0.1, 0.15) is 12.4 Å². The van der Waals surface area contributed by atoms with Crippen LogP contribution in [0.15, 0.2) is 36.2 Å². The Morgan fingerprint density at radius 3 is 2.67 bits per heavy atom. The highest BCUT2D eigenvalue weighted by molar-refractivity contribution is 5.84. The zero-order valence-corrected chi connectivity index (χ0v) is 17.6. The van der Waals surface area contributed by atoms with E-state index >= 15 is 0 Å². The fourth-order valence-corrected chi connectivity index (χ4v) is 5.59. The Morgan fingerprint density at radius 1 is 1.20 bits per heavy atom. The number of nitrogens with two attached hydrogens (primary N) is 1. The normalized spacial score (nSPS) is 29.6. The van der Waals surface area contributed by atoms with Gasteiger partial charge < -0.3 is 20.5 Å². The Kier molecular flexibility index (Phi) is 6.44. The second kappa shape index (κ2) is 9.06. The minimum absolute atomic E-state index is 0.0745. The largest absolute Gasteiger partial charge is 0.489 e. The number of fused-ring (bicyclic) bond motifs is 2. The quantitative estimate of drug-likeness (QED) is 0.710. The van der Waals surface area contributed by atoms with Crippen molar-refractivity contribution in [2.24, 2.45) is 11.1 Å². The number of hydrogen-bond donors (Lipinski definition) is 2. The van der Waals surface area contributed by atoms with Crippen molar-refractivity contribution >= 4 is 5.91 Å². The number of benzene rings is 1. The molecule has 3 N–H and O–H groups in total. The van der Waals surface area contributed by atoms with Gasteiger partial charge in [0, 0.05) is 31.4 Å². The molecular weight excluding hydrogens is 383 g/mol. The zero-order chi connectivity index (χ0) is 21.0. The van der Waals surface area contributed by atoms with Crippen molar-refractivity contribution in [1.29, 1.82) is 0 Å². The van der Waals surface area contributed by atoms with Gasteiger partial charge >= 0.3 is 0 Å². The minimum atomic E-state index is -0.228. The van der Waals surface area contributed by atoms with Crippen LogP contribution in [0.1, 0.15) is 56.9 Å². The number of rotatable bonds is 7. The first-order chi connectivity index (χ1) is 14.6. The Labute approximate surface area is 178 Å². The fraction of sp³-hybridized carbons (Fsp3) is 0.625. The molecule has 30 heavy (non-hydrogen) atoms. The topological polar surface area (TPSA) is 73.6 Å². The number of carbonyl (C=O) groups is 1. The number of carbonyl (C=O) groups excluding carboxylic acids is 1. The molecular formula is C24H33FN2O3. The number of hydrogen-bond acceptors (Lipinski definition) is 4. The van der Waals surface area contributed by atoms with Gasteiger partial charge in [-0.05, 0) is 68.1 Å². The van der Waals surface area contributed by atoms with E-state index in [1.807, 2.05) is 12.1 Å². The molecule has 2 atom stereocenters. The van der Waals surface area contributed by atoms with Gasteiger partial charge in [-0.1, -0.05) is 18.6 Å². The van der Waals surface area contributed by atoms with Crippen molar-refractivity contribution < 1.29 is 18.7 Å². The molecule has 2 aliphatic carbocycles. The first-order valence-electron chi connectivity index (χ1n) is 11.2. The molecule has 3 aliphatic rings. The molecule has 1 aliphatic heterocycles. The van der Waals surface area contributed by atoms with Gasteiger partial charge in [-0.2, -0.15) is 0 Å². The maximum absolute atomic E-state index is 13.3. The molecule has 5 nitrogen and oxygen atoms in total. The fourth-order valence-electron chi connectivity index (χ4n) is 5.59. The standard InChI is InChI=1S/C24H33FN2O3/c25-14-18(15-26)16-30-21-4-2-19(3-5-21)23-8-1-9-24(17-23,11-10-23)22(28)27-20-6-12-29-13-7-20/h2-5,14,20H,1,6-13,15-17,26H2,(H,27,28)/b18-14+/t23?,24-/m0/s1. The van der Waals surface area contributed by atoms with Gasteiger partial charge in [-0.3, -0.25) is 4.79 Å². The van der Waals surface area contributed by atoms with Crippen molar-refractivity contribution in [2.75, 3.05) is 26.4 Å². The Balaban J connectivity index is 1.42. The second-order valence-corrected chi connectivity index (χ2v) is 9.24. The maximum Gasteiger partial charge on any atom is 0.226 e. The van der Waals surface area contributed by atoms with E-state index in [2.05, 4.69) is 17.4 Å². The highest BCUT2D eigenvalue weighted by Gasteiger charge is 2.55. The Bertz CT molecular complexity index is 775. The molecule has 6 heteroatoms. The lowest BCUT2D eigenvalue weighted by atomic mass is 9.65. The van der Waals surface area contributed by atoms with E-state index in [0.29, 0.717) is 17.7 Å². The molecule has 164 valence electrons. The molecule has 2 bridgehead atoms. The smallest absolute Gasteiger partial charge is 0.226 e. The molecule has 1 heterocycles. The van der Waals surface area contributed by atoms with Crippen LogP contribution in [0.4, 0.5) is 4.39 Å². The molecule has 0 aromatic heterocycles. The molecule has 1 saturated heterocycles. The first kappa shape index (κ1) is 21.3. The van der Waals surface area contributed by atoms with Crippen molar-refractivity contribution in [2.45, 2.75) is 62.8 Å². The van der Waals surface area contributed by atoms with E-state index in [-0.39, 0.29) is 35.9 Å². The molecule has 0 spiro atoms. The Morgan fingerprint density at radius 2 is 1.97 bits per heavy atom. The van der Waals surface area contributed by atoms with Crippen molar-refractivity contribution in [3.8, 4) is 5.75 Å². The van der Waals surface area contributed by atoms with Gasteiger partial charge in [0.05, 0.1) is 11.7 Å². The number of halogens is 1. The maximum atomic E-state index is 13.3. The molecule has 1 amide bonds. The monoisotopic (exact) mass is 416 g/mol. The van der Waals surface area contributed by atoms with Gasteiger partial charge in [-0.15, -0.1) is 0 Å². The van der Waals surface area contributed by atoms with Gasteiger partial charge in [0.25, 0.3) is 0 Å². The zero-order valence-electron chi connectivity index (χ0n) is 17.6. The highest BCUT2D eigenvalue weighted by Crippen LogP contribution is 2.59. The van der Waals surface area contributed by atoms with Crippen molar-refractivity contribution in [3.63, 3.8) is 0 Å². The van der Waals surface area contributed by atoms with E-state index in [1.165, 1.54) is 5.56 Å². The van der Waals surface area contributed by atoms with Crippen molar-refractivity contribution in [1.82, 2.24) is 5.32 Å². The third-order valence-electron chi connectivity index (χ3n) is 7.42. The van der Waals surface area contributed by atoms with Crippen molar-refractivity contribution in [3.05, 3.63) is 41.7 Å². The van der Waals surface area contributed by atoms with Crippen LogP contribution in [0.25, 0.3) is 0 Å². The van der Waals surface area contributed by atoms with Crippen LogP contribution in [-0.2, 0) is 14.9 Å². The van der Waals surface area contributed by atoms with E-state index in [0.717, 1.165) is 64.6 Å². The summed E-state index contributed by atoms with van der Waals surface area (Å²) in [5.74, 6) is 0.962. The summed E-state index contributed by atoms with van der Waals surface area (Å²) >= 11 is 0. The number of ether oxygens (including phenoxy) is 2. The van der Waals surface area contributed by atoms with Crippen LogP contribution in [0, 0.1) is 5.41 Å². The highest BCUT2D eigenvalue weighted by atomic mass is 19.1. The summed E-state index contributed by atoms with van der Waals surface area (Å²) in [6.07, 6.45) is 8.48. The lowest BCUT2D eigenvalue weighted by Gasteiger charge is -2.40. The van der Waals surface area contributed by atoms with Gasteiger partial charge in [0.15, 0.2) is 0 Å². The lowest BCUT2D eigenvalue weighted by molar-refractivity contribution is -0.133. The van der Waals surface area contributed by atoms with E-state index in [4.69, 9.17) is 15.2 Å². The molecule has 1 unspecified atom stereocenters. The third kappa shape index (κ3) is 4.26. The molecule has 4 rings (SSSR count). The summed E-state index contributed by atoms with van der Waals surface area (Å²) in [6, 6.07) is 8.40. The van der Waals surface area contributed by atoms with Crippen LogP contribution >= 0.6 is 0 Å². The average Bonchev–Trinajstić information content (AvgIpc) is 3.07. The van der Waals surface area contributed by atoms with Gasteiger partial charge in [0.2, 0.25) is 5.91 Å². The predicted molar refractivity (Wildman–Crippen MR) is 114 cm³/mol. The lowest BCUT2D eigenvalue weighted by Crippen LogP contribution is -2.48. The van der Waals surface area contributed by atoms with Crippen LogP contribution in [0.3, 0.4) is 0 Å².